The molecule has 128 valence electrons. The molecule has 0 saturated carbocycles. The van der Waals surface area contributed by atoms with Crippen LogP contribution in [0.4, 0.5) is 5.69 Å². The molecule has 2 heterocycles. The zero-order valence-electron chi connectivity index (χ0n) is 13.9. The van der Waals surface area contributed by atoms with Crippen LogP contribution in [0.1, 0.15) is 15.9 Å². The van der Waals surface area contributed by atoms with Gasteiger partial charge < -0.3 is 5.32 Å². The van der Waals surface area contributed by atoms with Gasteiger partial charge in [0.25, 0.3) is 5.91 Å². The predicted molar refractivity (Wildman–Crippen MR) is 110 cm³/mol. The molecule has 26 heavy (non-hydrogen) atoms. The van der Waals surface area contributed by atoms with E-state index in [1.54, 1.807) is 29.7 Å². The van der Waals surface area contributed by atoms with Gasteiger partial charge in [0.15, 0.2) is 0 Å². The third-order valence-corrected chi connectivity index (χ3v) is 5.55. The average molecular weight is 424 g/mol. The summed E-state index contributed by atoms with van der Waals surface area (Å²) < 4.78 is 0.944. The maximum absolute atomic E-state index is 12.4. The highest BCUT2D eigenvalue weighted by Crippen LogP contribution is 2.31. The van der Waals surface area contributed by atoms with Gasteiger partial charge in [-0.05, 0) is 67.1 Å². The molecule has 0 saturated heterocycles. The predicted octanol–water partition coefficient (Wildman–Crippen LogP) is 5.68. The topological polar surface area (TPSA) is 54.9 Å². The molecule has 2 aromatic heterocycles. The quantitative estimate of drug-likeness (QED) is 0.460. The van der Waals surface area contributed by atoms with Crippen molar-refractivity contribution in [2.75, 3.05) is 5.32 Å². The Hall–Kier alpha value is -2.57. The number of nitrogens with one attached hydrogen (secondary N) is 1. The van der Waals surface area contributed by atoms with Crippen LogP contribution in [0.25, 0.3) is 20.9 Å². The lowest BCUT2D eigenvalue weighted by atomic mass is 10.1. The van der Waals surface area contributed by atoms with Crippen molar-refractivity contribution >= 4 is 49.2 Å². The number of pyridine rings is 1. The number of amides is 1. The van der Waals surface area contributed by atoms with Gasteiger partial charge >= 0.3 is 0 Å². The highest BCUT2D eigenvalue weighted by molar-refractivity contribution is 9.10. The van der Waals surface area contributed by atoms with Crippen molar-refractivity contribution < 1.29 is 4.79 Å². The van der Waals surface area contributed by atoms with Gasteiger partial charge in [0.1, 0.15) is 15.4 Å². The van der Waals surface area contributed by atoms with Crippen molar-refractivity contribution in [2.45, 2.75) is 6.92 Å². The van der Waals surface area contributed by atoms with Crippen LogP contribution in [0.5, 0.6) is 0 Å². The second kappa shape index (κ2) is 6.97. The van der Waals surface area contributed by atoms with Crippen molar-refractivity contribution in [3.8, 4) is 10.6 Å². The summed E-state index contributed by atoms with van der Waals surface area (Å²) >= 11 is 4.94. The minimum Gasteiger partial charge on any atom is -0.322 e. The number of carbonyl (C=O) groups excluding carboxylic acids is 1. The van der Waals surface area contributed by atoms with Gasteiger partial charge in [-0.1, -0.05) is 27.3 Å². The molecule has 0 aliphatic heterocycles. The molecular formula is C20H14BrN3OS. The first kappa shape index (κ1) is 16.9. The molecule has 0 radical (unpaired) electrons. The molecule has 4 nitrogen and oxygen atoms in total. The maximum atomic E-state index is 12.4. The Balaban J connectivity index is 1.59. The Morgan fingerprint density at radius 3 is 2.65 bits per heavy atom. The van der Waals surface area contributed by atoms with Crippen LogP contribution in [0.2, 0.25) is 0 Å². The molecule has 4 aromatic rings. The lowest BCUT2D eigenvalue weighted by molar-refractivity contribution is 0.102. The van der Waals surface area contributed by atoms with Gasteiger partial charge in [-0.15, -0.1) is 0 Å². The molecule has 0 fully saturated rings. The van der Waals surface area contributed by atoms with Crippen LogP contribution in [-0.4, -0.2) is 15.9 Å². The molecule has 2 aromatic carbocycles. The number of hydrogen-bond acceptors (Lipinski definition) is 4. The molecule has 6 heteroatoms. The Labute approximate surface area is 163 Å². The second-order valence-electron chi connectivity index (χ2n) is 5.84. The largest absolute Gasteiger partial charge is 0.322 e. The number of aromatic nitrogens is 2. The third kappa shape index (κ3) is 3.38. The SMILES string of the molecule is Cc1cc(-c2nc3cccnc3s2)ccc1NC(=O)c1ccc(Br)cc1. The molecule has 0 aliphatic rings. The molecule has 1 amide bonds. The van der Waals surface area contributed by atoms with Crippen molar-refractivity contribution in [3.63, 3.8) is 0 Å². The number of rotatable bonds is 3. The first-order valence-corrected chi connectivity index (χ1v) is 9.60. The molecule has 0 spiro atoms. The Bertz CT molecular complexity index is 1070. The van der Waals surface area contributed by atoms with Crippen LogP contribution >= 0.6 is 27.3 Å². The minimum absolute atomic E-state index is 0.127. The van der Waals surface area contributed by atoms with Gasteiger partial charge in [0, 0.05) is 27.5 Å². The normalized spacial score (nSPS) is 10.8. The molecule has 0 aliphatic carbocycles. The van der Waals surface area contributed by atoms with E-state index in [4.69, 9.17) is 0 Å². The first-order chi connectivity index (χ1) is 12.6. The number of hydrogen-bond donors (Lipinski definition) is 1. The lowest BCUT2D eigenvalue weighted by Gasteiger charge is -2.09. The molecule has 0 atom stereocenters. The fourth-order valence-electron chi connectivity index (χ4n) is 2.63. The van der Waals surface area contributed by atoms with E-state index in [1.165, 1.54) is 0 Å². The summed E-state index contributed by atoms with van der Waals surface area (Å²) in [5, 5.41) is 3.89. The van der Waals surface area contributed by atoms with Crippen LogP contribution in [-0.2, 0) is 0 Å². The fourth-order valence-corrected chi connectivity index (χ4v) is 3.79. The molecular weight excluding hydrogens is 410 g/mol. The lowest BCUT2D eigenvalue weighted by Crippen LogP contribution is -2.12. The van der Waals surface area contributed by atoms with E-state index in [1.807, 2.05) is 49.4 Å². The van der Waals surface area contributed by atoms with Crippen molar-refractivity contribution in [1.82, 2.24) is 9.97 Å². The highest BCUT2D eigenvalue weighted by atomic mass is 79.9. The Morgan fingerprint density at radius 2 is 1.92 bits per heavy atom. The van der Waals surface area contributed by atoms with E-state index in [2.05, 4.69) is 31.2 Å². The zero-order chi connectivity index (χ0) is 18.1. The Morgan fingerprint density at radius 1 is 1.12 bits per heavy atom. The summed E-state index contributed by atoms with van der Waals surface area (Å²) in [5.41, 5.74) is 4.32. The Kier molecular flexibility index (Phi) is 4.53. The number of benzene rings is 2. The van der Waals surface area contributed by atoms with E-state index in [0.29, 0.717) is 5.56 Å². The number of fused-ring (bicyclic) bond motifs is 1. The van der Waals surface area contributed by atoms with Crippen LogP contribution in [0, 0.1) is 6.92 Å². The van der Waals surface area contributed by atoms with Crippen molar-refractivity contribution in [3.05, 3.63) is 76.4 Å². The summed E-state index contributed by atoms with van der Waals surface area (Å²) in [6, 6.07) is 17.1. The van der Waals surface area contributed by atoms with Gasteiger partial charge in [0.05, 0.1) is 0 Å². The molecule has 1 N–H and O–H groups in total. The van der Waals surface area contributed by atoms with Crippen molar-refractivity contribution in [1.29, 1.82) is 0 Å². The summed E-state index contributed by atoms with van der Waals surface area (Å²) in [5.74, 6) is -0.127. The van der Waals surface area contributed by atoms with E-state index < -0.39 is 0 Å². The van der Waals surface area contributed by atoms with Crippen molar-refractivity contribution in [2.24, 2.45) is 0 Å². The summed E-state index contributed by atoms with van der Waals surface area (Å²) in [4.78, 5) is 22.3. The smallest absolute Gasteiger partial charge is 0.255 e. The summed E-state index contributed by atoms with van der Waals surface area (Å²) in [6.07, 6.45) is 1.77. The van der Waals surface area contributed by atoms with E-state index in [9.17, 15) is 4.79 Å². The van der Waals surface area contributed by atoms with E-state index in [-0.39, 0.29) is 5.91 Å². The number of anilines is 1. The number of carbonyl (C=O) groups is 1. The summed E-state index contributed by atoms with van der Waals surface area (Å²) in [7, 11) is 0. The third-order valence-electron chi connectivity index (χ3n) is 3.99. The van der Waals surface area contributed by atoms with Gasteiger partial charge in [0.2, 0.25) is 0 Å². The minimum atomic E-state index is -0.127. The van der Waals surface area contributed by atoms with Crippen LogP contribution < -0.4 is 5.32 Å². The second-order valence-corrected chi connectivity index (χ2v) is 7.73. The van der Waals surface area contributed by atoms with Crippen LogP contribution in [0.3, 0.4) is 0 Å². The standard InChI is InChI=1S/C20H14BrN3OS/c1-12-11-14(19-24-17-3-2-10-22-20(17)26-19)6-9-16(12)23-18(25)13-4-7-15(21)8-5-13/h2-11H,1H3,(H,23,25). The highest BCUT2D eigenvalue weighted by Gasteiger charge is 2.11. The number of halogens is 1. The molecule has 0 unspecified atom stereocenters. The first-order valence-electron chi connectivity index (χ1n) is 8.00. The van der Waals surface area contributed by atoms with Crippen LogP contribution in [0.15, 0.2) is 65.3 Å². The fraction of sp³-hybridized carbons (Fsp3) is 0.0500. The molecule has 4 rings (SSSR count). The number of nitrogens with zero attached hydrogens (tertiary/aromatic N) is 2. The molecule has 0 bridgehead atoms. The van der Waals surface area contributed by atoms with Gasteiger partial charge in [-0.2, -0.15) is 0 Å². The van der Waals surface area contributed by atoms with Gasteiger partial charge in [-0.25, -0.2) is 9.97 Å². The maximum Gasteiger partial charge on any atom is 0.255 e. The average Bonchev–Trinajstić information content (AvgIpc) is 3.08. The van der Waals surface area contributed by atoms with E-state index >= 15 is 0 Å². The van der Waals surface area contributed by atoms with E-state index in [0.717, 1.165) is 36.6 Å². The zero-order valence-corrected chi connectivity index (χ0v) is 16.3. The van der Waals surface area contributed by atoms with Gasteiger partial charge in [-0.3, -0.25) is 4.79 Å². The number of aryl methyl sites for hydroxylation is 1. The summed E-state index contributed by atoms with van der Waals surface area (Å²) in [6.45, 7) is 1.98. The number of thiazole rings is 1. The monoisotopic (exact) mass is 423 g/mol.